The molecular weight excluding hydrogens is 394 g/mol. The van der Waals surface area contributed by atoms with Crippen LogP contribution in [0.1, 0.15) is 12.0 Å². The summed E-state index contributed by atoms with van der Waals surface area (Å²) >= 11 is 0. The Morgan fingerprint density at radius 2 is 1.68 bits per heavy atom. The lowest BCUT2D eigenvalue weighted by Gasteiger charge is -2.27. The first-order valence-electron chi connectivity index (χ1n) is 10.9. The number of carbonyl (C=O) groups is 1. The molecule has 2 amide bonds. The molecular formula is C22H31N7O2. The zero-order valence-electron chi connectivity index (χ0n) is 18.1. The zero-order valence-corrected chi connectivity index (χ0v) is 18.1. The van der Waals surface area contributed by atoms with E-state index < -0.39 is 0 Å². The fourth-order valence-electron chi connectivity index (χ4n) is 3.78. The maximum Gasteiger partial charge on any atom is 0.319 e. The van der Waals surface area contributed by atoms with Gasteiger partial charge in [0.25, 0.3) is 0 Å². The van der Waals surface area contributed by atoms with Gasteiger partial charge in [-0.25, -0.2) is 14.8 Å². The minimum atomic E-state index is -0.263. The molecule has 2 aliphatic heterocycles. The summed E-state index contributed by atoms with van der Waals surface area (Å²) in [6, 6.07) is 7.58. The van der Waals surface area contributed by atoms with Crippen molar-refractivity contribution in [1.29, 1.82) is 0 Å². The van der Waals surface area contributed by atoms with Gasteiger partial charge >= 0.3 is 6.03 Å². The summed E-state index contributed by atoms with van der Waals surface area (Å²) in [6.45, 7) is 7.71. The van der Waals surface area contributed by atoms with Crippen LogP contribution in [-0.2, 0) is 11.3 Å². The fraction of sp³-hybridized carbons (Fsp3) is 0.500. The highest BCUT2D eigenvalue weighted by Gasteiger charge is 2.14. The van der Waals surface area contributed by atoms with Crippen molar-refractivity contribution in [3.63, 3.8) is 0 Å². The van der Waals surface area contributed by atoms with Crippen molar-refractivity contribution in [2.75, 3.05) is 74.6 Å². The van der Waals surface area contributed by atoms with E-state index in [4.69, 9.17) is 4.74 Å². The molecule has 166 valence electrons. The van der Waals surface area contributed by atoms with E-state index in [1.807, 2.05) is 30.5 Å². The van der Waals surface area contributed by atoms with Gasteiger partial charge in [-0.1, -0.05) is 6.07 Å². The van der Waals surface area contributed by atoms with Crippen LogP contribution < -0.4 is 20.4 Å². The molecule has 0 aromatic carbocycles. The highest BCUT2D eigenvalue weighted by Crippen LogP contribution is 2.16. The Labute approximate surface area is 183 Å². The third-order valence-corrected chi connectivity index (χ3v) is 5.65. The van der Waals surface area contributed by atoms with E-state index in [-0.39, 0.29) is 6.03 Å². The number of nitrogens with zero attached hydrogens (tertiary/aromatic N) is 5. The lowest BCUT2D eigenvalue weighted by Crippen LogP contribution is -2.36. The molecule has 9 heteroatoms. The Balaban J connectivity index is 1.24. The van der Waals surface area contributed by atoms with Gasteiger partial charge < -0.3 is 30.1 Å². The van der Waals surface area contributed by atoms with Crippen molar-refractivity contribution < 1.29 is 9.53 Å². The lowest BCUT2D eigenvalue weighted by atomic mass is 10.2. The summed E-state index contributed by atoms with van der Waals surface area (Å²) in [5.74, 6) is 1.89. The number of hydrogen-bond acceptors (Lipinski definition) is 7. The Morgan fingerprint density at radius 1 is 0.935 bits per heavy atom. The SMILES string of the molecule is CN1CCCN(c2ccc(CNC(=O)Nc3ccc(N4CCOCC4)nc3)cn2)CC1. The predicted octanol–water partition coefficient (Wildman–Crippen LogP) is 1.78. The number of amides is 2. The van der Waals surface area contributed by atoms with Gasteiger partial charge in [0.05, 0.1) is 25.1 Å². The molecule has 2 aliphatic rings. The number of carbonyl (C=O) groups excluding carboxylic acids is 1. The van der Waals surface area contributed by atoms with Crippen molar-refractivity contribution in [2.45, 2.75) is 13.0 Å². The summed E-state index contributed by atoms with van der Waals surface area (Å²) in [7, 11) is 2.16. The van der Waals surface area contributed by atoms with Crippen molar-refractivity contribution >= 4 is 23.4 Å². The van der Waals surface area contributed by atoms with Crippen molar-refractivity contribution in [3.05, 3.63) is 42.2 Å². The molecule has 4 rings (SSSR count). The van der Waals surface area contributed by atoms with E-state index in [0.717, 1.165) is 76.1 Å². The number of aromatic nitrogens is 2. The predicted molar refractivity (Wildman–Crippen MR) is 122 cm³/mol. The second kappa shape index (κ2) is 10.4. The largest absolute Gasteiger partial charge is 0.378 e. The third kappa shape index (κ3) is 6.05. The summed E-state index contributed by atoms with van der Waals surface area (Å²) in [5, 5.41) is 5.70. The van der Waals surface area contributed by atoms with Gasteiger partial charge in [-0.2, -0.15) is 0 Å². The van der Waals surface area contributed by atoms with E-state index in [1.165, 1.54) is 0 Å². The Bertz CT molecular complexity index is 838. The lowest BCUT2D eigenvalue weighted by molar-refractivity contribution is 0.122. The molecule has 0 unspecified atom stereocenters. The number of anilines is 3. The van der Waals surface area contributed by atoms with Crippen LogP contribution in [0.3, 0.4) is 0 Å². The van der Waals surface area contributed by atoms with Gasteiger partial charge in [-0.05, 0) is 43.8 Å². The van der Waals surface area contributed by atoms with E-state index in [0.29, 0.717) is 12.2 Å². The topological polar surface area (TPSA) is 85.9 Å². The van der Waals surface area contributed by atoms with E-state index in [1.54, 1.807) is 6.20 Å². The number of hydrogen-bond donors (Lipinski definition) is 2. The number of urea groups is 1. The van der Waals surface area contributed by atoms with Gasteiger partial charge in [0.15, 0.2) is 0 Å². The van der Waals surface area contributed by atoms with Gasteiger partial charge in [-0.15, -0.1) is 0 Å². The second-order valence-corrected chi connectivity index (χ2v) is 7.98. The highest BCUT2D eigenvalue weighted by molar-refractivity contribution is 5.89. The fourth-order valence-corrected chi connectivity index (χ4v) is 3.78. The van der Waals surface area contributed by atoms with Gasteiger partial charge in [0.2, 0.25) is 0 Å². The van der Waals surface area contributed by atoms with Crippen molar-refractivity contribution in [3.8, 4) is 0 Å². The average Bonchev–Trinajstić information content (AvgIpc) is 3.03. The van der Waals surface area contributed by atoms with E-state index >= 15 is 0 Å². The molecule has 2 aromatic rings. The molecule has 2 saturated heterocycles. The summed E-state index contributed by atoms with van der Waals surface area (Å²) in [4.78, 5) is 28.1. The number of likely N-dealkylation sites (N-methyl/N-ethyl adjacent to an activating group) is 1. The van der Waals surface area contributed by atoms with Gasteiger partial charge in [-0.3, -0.25) is 0 Å². The Morgan fingerprint density at radius 3 is 2.39 bits per heavy atom. The number of rotatable bonds is 5. The molecule has 0 spiro atoms. The van der Waals surface area contributed by atoms with Crippen molar-refractivity contribution in [1.82, 2.24) is 20.2 Å². The molecule has 0 radical (unpaired) electrons. The van der Waals surface area contributed by atoms with Gasteiger partial charge in [0, 0.05) is 45.5 Å². The highest BCUT2D eigenvalue weighted by atomic mass is 16.5. The zero-order chi connectivity index (χ0) is 21.5. The van der Waals surface area contributed by atoms with Crippen LogP contribution in [0.25, 0.3) is 0 Å². The molecule has 0 aliphatic carbocycles. The quantitative estimate of drug-likeness (QED) is 0.755. The number of pyridine rings is 2. The minimum Gasteiger partial charge on any atom is -0.378 e. The van der Waals surface area contributed by atoms with Crippen LogP contribution in [0, 0.1) is 0 Å². The number of ether oxygens (including phenoxy) is 1. The second-order valence-electron chi connectivity index (χ2n) is 7.98. The molecule has 4 heterocycles. The molecule has 0 bridgehead atoms. The summed E-state index contributed by atoms with van der Waals surface area (Å²) < 4.78 is 5.36. The Hall–Kier alpha value is -2.91. The monoisotopic (exact) mass is 425 g/mol. The summed E-state index contributed by atoms with van der Waals surface area (Å²) in [6.07, 6.45) is 4.66. The van der Waals surface area contributed by atoms with Crippen LogP contribution in [-0.4, -0.2) is 80.4 Å². The standard InChI is InChI=1S/C22H31N7O2/c1-27-7-2-8-28(10-9-27)20-5-3-18(15-23-20)16-25-22(30)26-19-4-6-21(24-17-19)29-11-13-31-14-12-29/h3-6,15,17H,2,7-14,16H2,1H3,(H2,25,26,30). The van der Waals surface area contributed by atoms with Crippen LogP contribution in [0.15, 0.2) is 36.7 Å². The van der Waals surface area contributed by atoms with E-state index in [9.17, 15) is 4.79 Å². The third-order valence-electron chi connectivity index (χ3n) is 5.65. The minimum absolute atomic E-state index is 0.263. The number of morpholine rings is 1. The average molecular weight is 426 g/mol. The van der Waals surface area contributed by atoms with Crippen LogP contribution in [0.5, 0.6) is 0 Å². The molecule has 9 nitrogen and oxygen atoms in total. The molecule has 0 atom stereocenters. The first-order valence-corrected chi connectivity index (χ1v) is 10.9. The molecule has 2 fully saturated rings. The van der Waals surface area contributed by atoms with Crippen LogP contribution >= 0.6 is 0 Å². The van der Waals surface area contributed by atoms with Crippen LogP contribution in [0.4, 0.5) is 22.1 Å². The molecule has 2 aromatic heterocycles. The van der Waals surface area contributed by atoms with Crippen LogP contribution in [0.2, 0.25) is 0 Å². The molecule has 0 saturated carbocycles. The van der Waals surface area contributed by atoms with Gasteiger partial charge in [0.1, 0.15) is 11.6 Å². The molecule has 2 N–H and O–H groups in total. The first-order chi connectivity index (χ1) is 15.2. The first kappa shape index (κ1) is 21.3. The maximum absolute atomic E-state index is 12.2. The number of nitrogens with one attached hydrogen (secondary N) is 2. The molecule has 31 heavy (non-hydrogen) atoms. The normalized spacial score (nSPS) is 17.8. The maximum atomic E-state index is 12.2. The summed E-state index contributed by atoms with van der Waals surface area (Å²) in [5.41, 5.74) is 1.63. The Kier molecular flexibility index (Phi) is 7.16. The smallest absolute Gasteiger partial charge is 0.319 e. The van der Waals surface area contributed by atoms with Crippen molar-refractivity contribution in [2.24, 2.45) is 0 Å². The van der Waals surface area contributed by atoms with E-state index in [2.05, 4.69) is 42.3 Å².